The van der Waals surface area contributed by atoms with Crippen LogP contribution in [0.5, 0.6) is 0 Å². The van der Waals surface area contributed by atoms with Crippen LogP contribution in [-0.2, 0) is 0 Å². The van der Waals surface area contributed by atoms with Crippen LogP contribution in [0.25, 0.3) is 16.6 Å². The zero-order chi connectivity index (χ0) is 19.5. The van der Waals surface area contributed by atoms with E-state index in [1.807, 2.05) is 32.0 Å². The molecule has 1 aromatic carbocycles. The second-order valence-electron chi connectivity index (χ2n) is 7.46. The Kier molecular flexibility index (Phi) is 5.20. The number of hydrogen-bond acceptors (Lipinski definition) is 3. The molecule has 0 saturated heterocycles. The SMILES string of the molecule is Cc1nc2ncccc2cc1C(=O)NC(C)c1ccc(C2=CCCCC2)cc1. The van der Waals surface area contributed by atoms with Gasteiger partial charge < -0.3 is 5.32 Å². The maximum atomic E-state index is 12.8. The van der Waals surface area contributed by atoms with Crippen molar-refractivity contribution in [1.29, 1.82) is 0 Å². The summed E-state index contributed by atoms with van der Waals surface area (Å²) < 4.78 is 0. The number of allylic oxidation sites excluding steroid dienone is 2. The van der Waals surface area contributed by atoms with Crippen molar-refractivity contribution in [3.8, 4) is 0 Å². The van der Waals surface area contributed by atoms with Gasteiger partial charge in [0, 0.05) is 11.6 Å². The number of benzene rings is 1. The molecule has 1 N–H and O–H groups in total. The summed E-state index contributed by atoms with van der Waals surface area (Å²) in [6.07, 6.45) is 8.98. The highest BCUT2D eigenvalue weighted by atomic mass is 16.1. The van der Waals surface area contributed by atoms with E-state index in [1.54, 1.807) is 6.20 Å². The summed E-state index contributed by atoms with van der Waals surface area (Å²) in [7, 11) is 0. The van der Waals surface area contributed by atoms with Crippen molar-refractivity contribution >= 4 is 22.5 Å². The van der Waals surface area contributed by atoms with Gasteiger partial charge in [0.2, 0.25) is 0 Å². The Morgan fingerprint density at radius 1 is 1.14 bits per heavy atom. The molecule has 1 amide bonds. The third kappa shape index (κ3) is 3.81. The van der Waals surface area contributed by atoms with Gasteiger partial charge in [0.25, 0.3) is 5.91 Å². The monoisotopic (exact) mass is 371 g/mol. The van der Waals surface area contributed by atoms with Gasteiger partial charge in [0.15, 0.2) is 5.65 Å². The maximum Gasteiger partial charge on any atom is 0.253 e. The van der Waals surface area contributed by atoms with Crippen LogP contribution in [0.1, 0.15) is 65.8 Å². The van der Waals surface area contributed by atoms with E-state index in [9.17, 15) is 4.79 Å². The largest absolute Gasteiger partial charge is 0.345 e. The van der Waals surface area contributed by atoms with Gasteiger partial charge in [-0.15, -0.1) is 0 Å². The molecule has 4 nitrogen and oxygen atoms in total. The second-order valence-corrected chi connectivity index (χ2v) is 7.46. The first-order valence-electron chi connectivity index (χ1n) is 9.94. The normalized spacial score (nSPS) is 15.1. The number of amides is 1. The van der Waals surface area contributed by atoms with Gasteiger partial charge >= 0.3 is 0 Å². The molecule has 1 aliphatic rings. The van der Waals surface area contributed by atoms with Gasteiger partial charge in [-0.3, -0.25) is 4.79 Å². The molecule has 4 heteroatoms. The molecule has 2 heterocycles. The third-order valence-electron chi connectivity index (χ3n) is 5.44. The standard InChI is InChI=1S/C24H25N3O/c1-16(18-10-12-20(13-11-18)19-7-4-3-5-8-19)27-24(28)22-15-21-9-6-14-25-23(21)26-17(22)2/h6-7,9-16H,3-5,8H2,1-2H3,(H,27,28). The van der Waals surface area contributed by atoms with E-state index >= 15 is 0 Å². The smallest absolute Gasteiger partial charge is 0.253 e. The van der Waals surface area contributed by atoms with Crippen LogP contribution in [0.4, 0.5) is 0 Å². The number of rotatable bonds is 4. The van der Waals surface area contributed by atoms with Gasteiger partial charge in [0.05, 0.1) is 17.3 Å². The third-order valence-corrected chi connectivity index (χ3v) is 5.44. The van der Waals surface area contributed by atoms with Crippen molar-refractivity contribution in [2.24, 2.45) is 0 Å². The van der Waals surface area contributed by atoms with Crippen molar-refractivity contribution in [1.82, 2.24) is 15.3 Å². The minimum Gasteiger partial charge on any atom is -0.345 e. The molecule has 3 aromatic rings. The summed E-state index contributed by atoms with van der Waals surface area (Å²) >= 11 is 0. The molecule has 0 spiro atoms. The number of pyridine rings is 2. The fourth-order valence-corrected chi connectivity index (χ4v) is 3.77. The lowest BCUT2D eigenvalue weighted by molar-refractivity contribution is 0.0939. The Bertz CT molecular complexity index is 1040. The van der Waals surface area contributed by atoms with E-state index in [1.165, 1.54) is 30.4 Å². The predicted molar refractivity (Wildman–Crippen MR) is 113 cm³/mol. The molecule has 1 aliphatic carbocycles. The molecule has 0 radical (unpaired) electrons. The Balaban J connectivity index is 1.50. The van der Waals surface area contributed by atoms with Crippen LogP contribution in [0.15, 0.2) is 54.7 Å². The number of hydrogen-bond donors (Lipinski definition) is 1. The first-order chi connectivity index (χ1) is 13.6. The van der Waals surface area contributed by atoms with Crippen molar-refractivity contribution in [3.05, 3.63) is 77.1 Å². The summed E-state index contributed by atoms with van der Waals surface area (Å²) in [6.45, 7) is 3.86. The van der Waals surface area contributed by atoms with Crippen LogP contribution in [0.3, 0.4) is 0 Å². The van der Waals surface area contributed by atoms with E-state index in [0.717, 1.165) is 17.4 Å². The number of carbonyl (C=O) groups excluding carboxylic acids is 1. The van der Waals surface area contributed by atoms with Gasteiger partial charge in [-0.1, -0.05) is 30.3 Å². The van der Waals surface area contributed by atoms with Crippen molar-refractivity contribution in [2.45, 2.75) is 45.6 Å². The van der Waals surface area contributed by atoms with Crippen LogP contribution in [0.2, 0.25) is 0 Å². The number of aromatic nitrogens is 2. The Hall–Kier alpha value is -3.01. The predicted octanol–water partition coefficient (Wildman–Crippen LogP) is 5.39. The first kappa shape index (κ1) is 18.4. The van der Waals surface area contributed by atoms with E-state index in [0.29, 0.717) is 16.9 Å². The van der Waals surface area contributed by atoms with Gasteiger partial charge in [-0.05, 0) is 74.4 Å². The van der Waals surface area contributed by atoms with E-state index < -0.39 is 0 Å². The molecule has 0 saturated carbocycles. The zero-order valence-corrected chi connectivity index (χ0v) is 16.4. The van der Waals surface area contributed by atoms with Crippen molar-refractivity contribution in [3.63, 3.8) is 0 Å². The van der Waals surface area contributed by atoms with E-state index in [4.69, 9.17) is 0 Å². The zero-order valence-electron chi connectivity index (χ0n) is 16.4. The summed E-state index contributed by atoms with van der Waals surface area (Å²) in [6, 6.07) is 14.1. The lowest BCUT2D eigenvalue weighted by Gasteiger charge is -2.17. The average Bonchev–Trinajstić information content (AvgIpc) is 2.74. The highest BCUT2D eigenvalue weighted by Gasteiger charge is 2.16. The number of nitrogens with one attached hydrogen (secondary N) is 1. The first-order valence-corrected chi connectivity index (χ1v) is 9.94. The second kappa shape index (κ2) is 7.93. The Morgan fingerprint density at radius 3 is 2.71 bits per heavy atom. The fourth-order valence-electron chi connectivity index (χ4n) is 3.77. The lowest BCUT2D eigenvalue weighted by atomic mass is 9.92. The van der Waals surface area contributed by atoms with Crippen LogP contribution < -0.4 is 5.32 Å². The maximum absolute atomic E-state index is 12.8. The van der Waals surface area contributed by atoms with Crippen LogP contribution in [-0.4, -0.2) is 15.9 Å². The van der Waals surface area contributed by atoms with Crippen LogP contribution >= 0.6 is 0 Å². The Morgan fingerprint density at radius 2 is 1.96 bits per heavy atom. The highest BCUT2D eigenvalue weighted by molar-refractivity contribution is 5.98. The fraction of sp³-hybridized carbons (Fsp3) is 0.292. The lowest BCUT2D eigenvalue weighted by Crippen LogP contribution is -2.27. The van der Waals surface area contributed by atoms with E-state index in [2.05, 4.69) is 45.6 Å². The van der Waals surface area contributed by atoms with Crippen molar-refractivity contribution in [2.75, 3.05) is 0 Å². The summed E-state index contributed by atoms with van der Waals surface area (Å²) in [5.41, 5.74) is 5.79. The number of aryl methyl sites for hydroxylation is 1. The van der Waals surface area contributed by atoms with E-state index in [-0.39, 0.29) is 11.9 Å². The molecular weight excluding hydrogens is 346 g/mol. The van der Waals surface area contributed by atoms with Gasteiger partial charge in [0.1, 0.15) is 0 Å². The number of fused-ring (bicyclic) bond motifs is 1. The van der Waals surface area contributed by atoms with Gasteiger partial charge in [-0.2, -0.15) is 0 Å². The highest BCUT2D eigenvalue weighted by Crippen LogP contribution is 2.27. The molecule has 0 aliphatic heterocycles. The Labute approximate surface area is 165 Å². The number of nitrogens with zero attached hydrogens (tertiary/aromatic N) is 2. The molecule has 1 unspecified atom stereocenters. The molecule has 1 atom stereocenters. The molecule has 0 fully saturated rings. The molecule has 142 valence electrons. The molecule has 2 aromatic heterocycles. The average molecular weight is 371 g/mol. The summed E-state index contributed by atoms with van der Waals surface area (Å²) in [5, 5.41) is 3.97. The summed E-state index contributed by atoms with van der Waals surface area (Å²) in [4.78, 5) is 21.5. The molecular formula is C24H25N3O. The quantitative estimate of drug-likeness (QED) is 0.669. The minimum atomic E-state index is -0.109. The molecule has 4 rings (SSSR count). The molecule has 0 bridgehead atoms. The number of carbonyl (C=O) groups is 1. The molecule has 28 heavy (non-hydrogen) atoms. The topological polar surface area (TPSA) is 54.9 Å². The van der Waals surface area contributed by atoms with Gasteiger partial charge in [-0.25, -0.2) is 9.97 Å². The van der Waals surface area contributed by atoms with Crippen molar-refractivity contribution < 1.29 is 4.79 Å². The minimum absolute atomic E-state index is 0.0779. The van der Waals surface area contributed by atoms with Crippen LogP contribution in [0, 0.1) is 6.92 Å². The summed E-state index contributed by atoms with van der Waals surface area (Å²) in [5.74, 6) is -0.109.